The lowest BCUT2D eigenvalue weighted by Gasteiger charge is -2.22. The summed E-state index contributed by atoms with van der Waals surface area (Å²) in [6.45, 7) is 4.02. The molecule has 7 heteroatoms. The molecule has 5 nitrogen and oxygen atoms in total. The van der Waals surface area contributed by atoms with E-state index in [1.807, 2.05) is 34.9 Å². The van der Waals surface area contributed by atoms with E-state index in [4.69, 9.17) is 23.2 Å². The molecule has 1 N–H and O–H groups in total. The molecule has 2 aromatic rings. The minimum Gasteiger partial charge on any atom is -0.322 e. The van der Waals surface area contributed by atoms with Gasteiger partial charge in [0, 0.05) is 25.2 Å². The third-order valence-corrected chi connectivity index (χ3v) is 5.50. The van der Waals surface area contributed by atoms with Gasteiger partial charge in [0.05, 0.1) is 22.3 Å². The van der Waals surface area contributed by atoms with Crippen LogP contribution in [0.25, 0.3) is 0 Å². The van der Waals surface area contributed by atoms with Crippen LogP contribution in [-0.4, -0.2) is 42.9 Å². The number of para-hydroxylation sites is 2. The first-order valence-electron chi connectivity index (χ1n) is 9.34. The summed E-state index contributed by atoms with van der Waals surface area (Å²) in [6, 6.07) is 13.1. The van der Waals surface area contributed by atoms with Crippen molar-refractivity contribution in [3.8, 4) is 0 Å². The van der Waals surface area contributed by atoms with Gasteiger partial charge in [-0.05, 0) is 36.7 Å². The van der Waals surface area contributed by atoms with Crippen LogP contribution in [0.5, 0.6) is 0 Å². The van der Waals surface area contributed by atoms with Gasteiger partial charge in [-0.25, -0.2) is 0 Å². The highest BCUT2D eigenvalue weighted by Gasteiger charge is 2.24. The van der Waals surface area contributed by atoms with Gasteiger partial charge in [-0.2, -0.15) is 0 Å². The van der Waals surface area contributed by atoms with Crippen LogP contribution in [0.4, 0.5) is 11.4 Å². The highest BCUT2D eigenvalue weighted by molar-refractivity contribution is 6.39. The van der Waals surface area contributed by atoms with Crippen LogP contribution in [0.1, 0.15) is 18.9 Å². The van der Waals surface area contributed by atoms with Crippen LogP contribution in [0.2, 0.25) is 10.0 Å². The van der Waals surface area contributed by atoms with E-state index >= 15 is 0 Å². The molecule has 0 aromatic heterocycles. The van der Waals surface area contributed by atoms with Crippen LogP contribution in [0, 0.1) is 0 Å². The summed E-state index contributed by atoms with van der Waals surface area (Å²) in [5.41, 5.74) is 2.62. The third-order valence-electron chi connectivity index (χ3n) is 4.87. The second kappa shape index (κ2) is 9.41. The number of nitrogens with one attached hydrogen (secondary N) is 1. The summed E-state index contributed by atoms with van der Waals surface area (Å²) >= 11 is 12.2. The number of nitrogens with zero attached hydrogens (tertiary/aromatic N) is 2. The Balaban J connectivity index is 1.53. The van der Waals surface area contributed by atoms with Crippen molar-refractivity contribution >= 4 is 46.4 Å². The van der Waals surface area contributed by atoms with Crippen molar-refractivity contribution in [3.05, 3.63) is 58.1 Å². The summed E-state index contributed by atoms with van der Waals surface area (Å²) in [6.07, 6.45) is 1.25. The van der Waals surface area contributed by atoms with Crippen LogP contribution in [-0.2, 0) is 16.0 Å². The van der Waals surface area contributed by atoms with Crippen molar-refractivity contribution in [1.29, 1.82) is 0 Å². The summed E-state index contributed by atoms with van der Waals surface area (Å²) in [5, 5.41) is 3.55. The molecule has 1 heterocycles. The molecule has 1 aliphatic heterocycles. The molecule has 1 aliphatic rings. The number of hydrogen-bond donors (Lipinski definition) is 1. The Morgan fingerprint density at radius 3 is 2.54 bits per heavy atom. The average molecular weight is 420 g/mol. The topological polar surface area (TPSA) is 52.7 Å². The van der Waals surface area contributed by atoms with Gasteiger partial charge in [-0.15, -0.1) is 0 Å². The molecular weight excluding hydrogens is 397 g/mol. The smallest absolute Gasteiger partial charge is 0.238 e. The number of carbonyl (C=O) groups is 2. The minimum atomic E-state index is -0.212. The zero-order chi connectivity index (χ0) is 20.1. The second-order valence-corrected chi connectivity index (χ2v) is 7.50. The summed E-state index contributed by atoms with van der Waals surface area (Å²) in [5.74, 6) is -0.131. The van der Waals surface area contributed by atoms with Gasteiger partial charge in [0.1, 0.15) is 0 Å². The number of likely N-dealkylation sites (N-methyl/N-ethyl adjacent to an activating group) is 1. The molecule has 3 rings (SSSR count). The van der Waals surface area contributed by atoms with Gasteiger partial charge in [0.15, 0.2) is 0 Å². The highest BCUT2D eigenvalue weighted by Crippen LogP contribution is 2.30. The minimum absolute atomic E-state index is 0.0814. The Labute approximate surface area is 175 Å². The van der Waals surface area contributed by atoms with E-state index in [1.54, 1.807) is 18.2 Å². The average Bonchev–Trinajstić information content (AvgIpc) is 3.12. The maximum absolute atomic E-state index is 12.7. The number of halogens is 2. The molecule has 0 bridgehead atoms. The largest absolute Gasteiger partial charge is 0.322 e. The molecule has 0 saturated carbocycles. The standard InChI is InChI=1S/C21H23Cl2N3O2/c1-2-25(14-19(27)24-21-16(22)7-5-8-17(21)23)12-11-20(28)26-13-10-15-6-3-4-9-18(15)26/h3-9H,2,10-14H2,1H3,(H,24,27). The van der Waals surface area contributed by atoms with E-state index in [1.165, 1.54) is 5.56 Å². The zero-order valence-electron chi connectivity index (χ0n) is 15.8. The number of fused-ring (bicyclic) bond motifs is 1. The summed E-state index contributed by atoms with van der Waals surface area (Å²) in [7, 11) is 0. The molecule has 0 aliphatic carbocycles. The van der Waals surface area contributed by atoms with Gasteiger partial charge in [-0.1, -0.05) is 54.4 Å². The van der Waals surface area contributed by atoms with Gasteiger partial charge < -0.3 is 10.2 Å². The Kier molecular flexibility index (Phi) is 6.94. The van der Waals surface area contributed by atoms with Crippen molar-refractivity contribution in [2.45, 2.75) is 19.8 Å². The van der Waals surface area contributed by atoms with Gasteiger partial charge in [-0.3, -0.25) is 14.5 Å². The Morgan fingerprint density at radius 2 is 1.82 bits per heavy atom. The van der Waals surface area contributed by atoms with Crippen molar-refractivity contribution < 1.29 is 9.59 Å². The maximum Gasteiger partial charge on any atom is 0.238 e. The Hall–Kier alpha value is -2.08. The fourth-order valence-electron chi connectivity index (χ4n) is 3.33. The summed E-state index contributed by atoms with van der Waals surface area (Å²) in [4.78, 5) is 28.8. The van der Waals surface area contributed by atoms with E-state index in [0.717, 1.165) is 18.7 Å². The molecule has 0 radical (unpaired) electrons. The molecular formula is C21H23Cl2N3O2. The van der Waals surface area contributed by atoms with E-state index < -0.39 is 0 Å². The SMILES string of the molecule is CCN(CCC(=O)N1CCc2ccccc21)CC(=O)Nc1c(Cl)cccc1Cl. The quantitative estimate of drug-likeness (QED) is 0.730. The molecule has 0 unspecified atom stereocenters. The molecule has 2 amide bonds. The van der Waals surface area contributed by atoms with Gasteiger partial charge in [0.2, 0.25) is 11.8 Å². The van der Waals surface area contributed by atoms with E-state index in [0.29, 0.717) is 35.2 Å². The van der Waals surface area contributed by atoms with Crippen LogP contribution in [0.15, 0.2) is 42.5 Å². The van der Waals surface area contributed by atoms with Crippen LogP contribution in [0.3, 0.4) is 0 Å². The van der Waals surface area contributed by atoms with Crippen molar-refractivity contribution in [2.24, 2.45) is 0 Å². The number of carbonyl (C=O) groups excluding carboxylic acids is 2. The monoisotopic (exact) mass is 419 g/mol. The number of hydrogen-bond acceptors (Lipinski definition) is 3. The first kappa shape index (κ1) is 20.6. The fraction of sp³-hybridized carbons (Fsp3) is 0.333. The molecule has 148 valence electrons. The molecule has 0 fully saturated rings. The van der Waals surface area contributed by atoms with E-state index in [9.17, 15) is 9.59 Å². The normalized spacial score (nSPS) is 12.9. The number of amides is 2. The van der Waals surface area contributed by atoms with E-state index in [-0.39, 0.29) is 18.4 Å². The van der Waals surface area contributed by atoms with Crippen molar-refractivity contribution in [1.82, 2.24) is 4.90 Å². The molecule has 2 aromatic carbocycles. The van der Waals surface area contributed by atoms with Crippen molar-refractivity contribution in [3.63, 3.8) is 0 Å². The Morgan fingerprint density at radius 1 is 1.11 bits per heavy atom. The highest BCUT2D eigenvalue weighted by atomic mass is 35.5. The third kappa shape index (κ3) is 4.85. The number of anilines is 2. The fourth-order valence-corrected chi connectivity index (χ4v) is 3.83. The lowest BCUT2D eigenvalue weighted by Crippen LogP contribution is -2.37. The zero-order valence-corrected chi connectivity index (χ0v) is 17.3. The van der Waals surface area contributed by atoms with Gasteiger partial charge >= 0.3 is 0 Å². The van der Waals surface area contributed by atoms with Crippen LogP contribution < -0.4 is 10.2 Å². The number of benzene rings is 2. The lowest BCUT2D eigenvalue weighted by atomic mass is 10.2. The predicted molar refractivity (Wildman–Crippen MR) is 114 cm³/mol. The molecule has 0 atom stereocenters. The second-order valence-electron chi connectivity index (χ2n) is 6.69. The van der Waals surface area contributed by atoms with Crippen molar-refractivity contribution in [2.75, 3.05) is 36.4 Å². The number of rotatable bonds is 7. The van der Waals surface area contributed by atoms with Gasteiger partial charge in [0.25, 0.3) is 0 Å². The lowest BCUT2D eigenvalue weighted by molar-refractivity contribution is -0.120. The van der Waals surface area contributed by atoms with Crippen LogP contribution >= 0.6 is 23.2 Å². The maximum atomic E-state index is 12.7. The molecule has 28 heavy (non-hydrogen) atoms. The first-order valence-corrected chi connectivity index (χ1v) is 10.1. The summed E-state index contributed by atoms with van der Waals surface area (Å²) < 4.78 is 0. The Bertz CT molecular complexity index is 852. The predicted octanol–water partition coefficient (Wildman–Crippen LogP) is 4.23. The van der Waals surface area contributed by atoms with E-state index in [2.05, 4.69) is 11.4 Å². The first-order chi connectivity index (χ1) is 13.5. The molecule has 0 saturated heterocycles. The molecule has 0 spiro atoms.